The maximum Gasteiger partial charge on any atom is 0.0996 e. The normalized spacial score (nSPS) is 9.33. The second-order valence-electron chi connectivity index (χ2n) is 1.68. The van der Waals surface area contributed by atoms with Gasteiger partial charge in [-0.3, -0.25) is 0 Å². The number of rotatable bonds is 0. The van der Waals surface area contributed by atoms with Gasteiger partial charge in [0.1, 0.15) is 0 Å². The lowest BCUT2D eigenvalue weighted by Gasteiger charge is -1.66. The van der Waals surface area contributed by atoms with Gasteiger partial charge in [0.15, 0.2) is 0 Å². The monoisotopic (exact) mass is 159 g/mol. The maximum absolute atomic E-state index is 3.12. The van der Waals surface area contributed by atoms with Gasteiger partial charge in [0.05, 0.1) is 4.83 Å². The molecule has 0 aliphatic heterocycles. The molecule has 0 aliphatic rings. The third-order valence-electron chi connectivity index (χ3n) is 1.17. The lowest BCUT2D eigenvalue weighted by atomic mass is 10.4. The van der Waals surface area contributed by atoms with E-state index in [9.17, 15) is 0 Å². The molecule has 0 atom stereocenters. The Morgan fingerprint density at radius 1 is 1.33 bits per heavy atom. The van der Waals surface area contributed by atoms with Gasteiger partial charge in [0.25, 0.3) is 0 Å². The molecule has 1 N–H and O–H groups in total. The number of thiophene rings is 1. The van der Waals surface area contributed by atoms with Gasteiger partial charge in [0, 0.05) is 11.6 Å². The molecule has 0 radical (unpaired) electrons. The Labute approximate surface area is 63.1 Å². The lowest BCUT2D eigenvalue weighted by Crippen LogP contribution is -1.46. The molecule has 2 aromatic heterocycles. The fourth-order valence-corrected chi connectivity index (χ4v) is 1.53. The fraction of sp³-hybridized carbons (Fsp3) is 0. The van der Waals surface area contributed by atoms with Crippen molar-refractivity contribution in [1.29, 1.82) is 0 Å². The zero-order chi connectivity index (χ0) is 5.40. The summed E-state index contributed by atoms with van der Waals surface area (Å²) < 4.78 is 0. The Bertz CT molecular complexity index is 234. The van der Waals surface area contributed by atoms with Crippen LogP contribution in [0.2, 0.25) is 0 Å². The molecule has 0 bridgehead atoms. The van der Waals surface area contributed by atoms with Gasteiger partial charge in [-0.15, -0.1) is 23.7 Å². The average molecular weight is 160 g/mol. The zero-order valence-electron chi connectivity index (χ0n) is 4.63. The van der Waals surface area contributed by atoms with Crippen LogP contribution in [0.5, 0.6) is 0 Å². The summed E-state index contributed by atoms with van der Waals surface area (Å²) in [5.41, 5.74) is 0. The van der Waals surface area contributed by atoms with Gasteiger partial charge in [-0.1, -0.05) is 0 Å². The largest absolute Gasteiger partial charge is 0.353 e. The highest BCUT2D eigenvalue weighted by Gasteiger charge is 1.89. The first kappa shape index (κ1) is 6.65. The molecule has 1 nitrogen and oxygen atoms in total. The van der Waals surface area contributed by atoms with Crippen LogP contribution in [0.4, 0.5) is 0 Å². The number of nitrogens with one attached hydrogen (secondary N) is 1. The molecule has 48 valence electrons. The van der Waals surface area contributed by atoms with Crippen LogP contribution in [0.3, 0.4) is 0 Å². The molecule has 0 amide bonds. The number of hydrogen-bond donors (Lipinski definition) is 1. The summed E-state index contributed by atoms with van der Waals surface area (Å²) in [7, 11) is 0. The third kappa shape index (κ3) is 0.955. The van der Waals surface area contributed by atoms with Crippen LogP contribution >= 0.6 is 23.7 Å². The summed E-state index contributed by atoms with van der Waals surface area (Å²) in [6.07, 6.45) is 1.96. The first-order valence-electron chi connectivity index (χ1n) is 2.47. The Kier molecular flexibility index (Phi) is 1.78. The second kappa shape index (κ2) is 2.42. The summed E-state index contributed by atoms with van der Waals surface area (Å²) in [5.74, 6) is 0. The van der Waals surface area contributed by atoms with Crippen molar-refractivity contribution < 1.29 is 0 Å². The molecule has 2 heterocycles. The minimum absolute atomic E-state index is 0. The van der Waals surface area contributed by atoms with Crippen LogP contribution in [0.1, 0.15) is 0 Å². The van der Waals surface area contributed by atoms with Crippen molar-refractivity contribution in [2.45, 2.75) is 0 Å². The predicted octanol–water partition coefficient (Wildman–Crippen LogP) is 2.65. The highest BCUT2D eigenvalue weighted by atomic mass is 35.5. The average Bonchev–Trinajstić information content (AvgIpc) is 2.15. The van der Waals surface area contributed by atoms with Crippen molar-refractivity contribution in [2.24, 2.45) is 0 Å². The Balaban J connectivity index is 0.000000405. The number of fused-ring (bicyclic) bond motifs is 1. The maximum atomic E-state index is 3.12. The molecule has 2 aromatic rings. The van der Waals surface area contributed by atoms with Crippen LogP contribution in [0, 0.1) is 0 Å². The molecule has 0 aromatic carbocycles. The first-order chi connectivity index (χ1) is 3.97. The van der Waals surface area contributed by atoms with Gasteiger partial charge in [0.2, 0.25) is 0 Å². The summed E-state index contributed by atoms with van der Waals surface area (Å²) in [4.78, 5) is 4.39. The summed E-state index contributed by atoms with van der Waals surface area (Å²) >= 11 is 1.74. The molecular formula is C6H6ClNS. The minimum Gasteiger partial charge on any atom is -0.353 e. The van der Waals surface area contributed by atoms with Crippen molar-refractivity contribution in [1.82, 2.24) is 4.98 Å². The van der Waals surface area contributed by atoms with Crippen molar-refractivity contribution in [3.8, 4) is 0 Å². The molecule has 0 aliphatic carbocycles. The second-order valence-corrected chi connectivity index (χ2v) is 2.60. The van der Waals surface area contributed by atoms with Crippen LogP contribution < -0.4 is 0 Å². The number of aromatic amines is 1. The Morgan fingerprint density at radius 2 is 2.22 bits per heavy atom. The molecule has 0 saturated heterocycles. The Hall–Kier alpha value is -0.470. The standard InChI is InChI=1S/C6H5NS.ClH/c1-3-7-6-5(1)2-4-8-6;/h1-4,7H;1H. The highest BCUT2D eigenvalue weighted by Crippen LogP contribution is 2.17. The number of aromatic nitrogens is 1. The van der Waals surface area contributed by atoms with E-state index in [1.54, 1.807) is 11.3 Å². The van der Waals surface area contributed by atoms with Crippen LogP contribution in [-0.4, -0.2) is 4.98 Å². The highest BCUT2D eigenvalue weighted by molar-refractivity contribution is 7.16. The van der Waals surface area contributed by atoms with Gasteiger partial charge >= 0.3 is 0 Å². The summed E-state index contributed by atoms with van der Waals surface area (Å²) in [6, 6.07) is 4.18. The van der Waals surface area contributed by atoms with E-state index in [1.165, 1.54) is 10.2 Å². The van der Waals surface area contributed by atoms with E-state index in [2.05, 4.69) is 22.5 Å². The first-order valence-corrected chi connectivity index (χ1v) is 3.35. The molecule has 0 spiro atoms. The number of halogens is 1. The lowest BCUT2D eigenvalue weighted by molar-refractivity contribution is 1.51. The van der Waals surface area contributed by atoms with Crippen molar-refractivity contribution in [3.05, 3.63) is 23.7 Å². The van der Waals surface area contributed by atoms with Gasteiger partial charge < -0.3 is 4.98 Å². The van der Waals surface area contributed by atoms with Crippen LogP contribution in [0.25, 0.3) is 10.2 Å². The Morgan fingerprint density at radius 3 is 3.00 bits per heavy atom. The van der Waals surface area contributed by atoms with E-state index in [0.29, 0.717) is 0 Å². The van der Waals surface area contributed by atoms with E-state index in [0.717, 1.165) is 0 Å². The third-order valence-corrected chi connectivity index (χ3v) is 2.03. The van der Waals surface area contributed by atoms with Crippen molar-refractivity contribution in [3.63, 3.8) is 0 Å². The van der Waals surface area contributed by atoms with Crippen LogP contribution in [0.15, 0.2) is 23.7 Å². The zero-order valence-corrected chi connectivity index (χ0v) is 6.26. The number of hydrogen-bond acceptors (Lipinski definition) is 1. The quantitative estimate of drug-likeness (QED) is 0.609. The van der Waals surface area contributed by atoms with Gasteiger partial charge in [-0.2, -0.15) is 0 Å². The van der Waals surface area contributed by atoms with E-state index in [1.807, 2.05) is 6.20 Å². The predicted molar refractivity (Wildman–Crippen MR) is 43.4 cm³/mol. The van der Waals surface area contributed by atoms with Gasteiger partial charge in [-0.05, 0) is 17.5 Å². The van der Waals surface area contributed by atoms with Crippen molar-refractivity contribution in [2.75, 3.05) is 0 Å². The molecule has 0 saturated carbocycles. The minimum atomic E-state index is 0. The van der Waals surface area contributed by atoms with E-state index >= 15 is 0 Å². The van der Waals surface area contributed by atoms with E-state index in [-0.39, 0.29) is 12.4 Å². The SMILES string of the molecule is Cl.c1cc2ccsc2[nH]1. The molecule has 0 unspecified atom stereocenters. The summed E-state index contributed by atoms with van der Waals surface area (Å²) in [5, 5.41) is 3.40. The smallest absolute Gasteiger partial charge is 0.0996 e. The fourth-order valence-electron chi connectivity index (χ4n) is 0.775. The van der Waals surface area contributed by atoms with E-state index in [4.69, 9.17) is 0 Å². The van der Waals surface area contributed by atoms with Gasteiger partial charge in [-0.25, -0.2) is 0 Å². The molecule has 9 heavy (non-hydrogen) atoms. The summed E-state index contributed by atoms with van der Waals surface area (Å²) in [6.45, 7) is 0. The molecule has 3 heteroatoms. The number of H-pyrrole nitrogens is 1. The molecular weight excluding hydrogens is 154 g/mol. The van der Waals surface area contributed by atoms with Crippen LogP contribution in [-0.2, 0) is 0 Å². The molecule has 2 rings (SSSR count). The molecule has 0 fully saturated rings. The van der Waals surface area contributed by atoms with E-state index < -0.39 is 0 Å². The topological polar surface area (TPSA) is 15.8 Å². The van der Waals surface area contributed by atoms with Crippen molar-refractivity contribution >= 4 is 34.0 Å².